The number of carbonyl (C=O) groups excluding carboxylic acids is 1. The van der Waals surface area contributed by atoms with Crippen molar-refractivity contribution in [3.63, 3.8) is 0 Å². The van der Waals surface area contributed by atoms with Gasteiger partial charge in [-0.05, 0) is 77.0 Å². The maximum atomic E-state index is 12.4. The average molecular weight is 698 g/mol. The molecule has 2 atom stereocenters. The predicted octanol–water partition coefficient (Wildman–Crippen LogP) is 13.3. The molecule has 0 radical (unpaired) electrons. The molecule has 0 aliphatic heterocycles. The predicted molar refractivity (Wildman–Crippen MR) is 221 cm³/mol. The molecule has 2 unspecified atom stereocenters. The highest BCUT2D eigenvalue weighted by Crippen LogP contribution is 2.13. The van der Waals surface area contributed by atoms with E-state index < -0.39 is 12.1 Å². The fourth-order valence-corrected chi connectivity index (χ4v) is 6.12. The van der Waals surface area contributed by atoms with Crippen LogP contribution in [0.1, 0.15) is 206 Å². The first-order chi connectivity index (χ1) is 24.7. The van der Waals surface area contributed by atoms with E-state index in [2.05, 4.69) is 67.8 Å². The van der Waals surface area contributed by atoms with Gasteiger partial charge in [0.1, 0.15) is 0 Å². The lowest BCUT2D eigenvalue weighted by atomic mass is 10.0. The average Bonchev–Trinajstić information content (AvgIpc) is 3.12. The summed E-state index contributed by atoms with van der Waals surface area (Å²) in [6.07, 6.45) is 57.5. The summed E-state index contributed by atoms with van der Waals surface area (Å²) in [7, 11) is 0. The molecule has 0 rings (SSSR count). The molecule has 0 aromatic rings. The fraction of sp³-hybridized carbons (Fsp3) is 0.761. The monoisotopic (exact) mass is 698 g/mol. The Morgan fingerprint density at radius 1 is 0.480 bits per heavy atom. The molecule has 0 bridgehead atoms. The molecule has 0 aliphatic carbocycles. The lowest BCUT2D eigenvalue weighted by Gasteiger charge is -2.19. The highest BCUT2D eigenvalue weighted by molar-refractivity contribution is 5.76. The maximum Gasteiger partial charge on any atom is 0.220 e. The van der Waals surface area contributed by atoms with Crippen LogP contribution >= 0.6 is 0 Å². The van der Waals surface area contributed by atoms with E-state index >= 15 is 0 Å². The van der Waals surface area contributed by atoms with E-state index in [-0.39, 0.29) is 12.5 Å². The molecule has 0 saturated heterocycles. The molecule has 290 valence electrons. The number of hydrogen-bond acceptors (Lipinski definition) is 3. The molecule has 1 amide bonds. The van der Waals surface area contributed by atoms with Gasteiger partial charge >= 0.3 is 0 Å². The lowest BCUT2D eigenvalue weighted by Crippen LogP contribution is -2.45. The van der Waals surface area contributed by atoms with Crippen molar-refractivity contribution < 1.29 is 15.0 Å². The van der Waals surface area contributed by atoms with Gasteiger partial charge in [0.25, 0.3) is 0 Å². The van der Waals surface area contributed by atoms with E-state index in [4.69, 9.17) is 0 Å². The van der Waals surface area contributed by atoms with Crippen LogP contribution in [0.25, 0.3) is 0 Å². The molecule has 0 aromatic heterocycles. The maximum absolute atomic E-state index is 12.4. The quantitative estimate of drug-likeness (QED) is 0.0444. The number of hydrogen-bond donors (Lipinski definition) is 3. The summed E-state index contributed by atoms with van der Waals surface area (Å²) in [5.74, 6) is -0.0826. The van der Waals surface area contributed by atoms with Crippen LogP contribution in [0.4, 0.5) is 0 Å². The van der Waals surface area contributed by atoms with Crippen molar-refractivity contribution in [2.24, 2.45) is 0 Å². The smallest absolute Gasteiger partial charge is 0.220 e. The summed E-state index contributed by atoms with van der Waals surface area (Å²) < 4.78 is 0. The molecule has 0 saturated carbocycles. The Bertz CT molecular complexity index is 842. The Morgan fingerprint density at radius 2 is 0.840 bits per heavy atom. The molecule has 0 heterocycles. The Kier molecular flexibility index (Phi) is 39.9. The zero-order valence-electron chi connectivity index (χ0n) is 33.2. The number of aliphatic hydroxyl groups excluding tert-OH is 2. The van der Waals surface area contributed by atoms with E-state index in [1.165, 1.54) is 141 Å². The summed E-state index contributed by atoms with van der Waals surface area (Å²) in [5, 5.41) is 22.9. The summed E-state index contributed by atoms with van der Waals surface area (Å²) in [6, 6.07) is -0.647. The van der Waals surface area contributed by atoms with Crippen molar-refractivity contribution in [3.05, 3.63) is 60.8 Å². The third-order valence-electron chi connectivity index (χ3n) is 9.45. The summed E-state index contributed by atoms with van der Waals surface area (Å²) in [6.45, 7) is 4.26. The van der Waals surface area contributed by atoms with Crippen LogP contribution in [-0.4, -0.2) is 34.9 Å². The van der Waals surface area contributed by atoms with E-state index in [1.54, 1.807) is 6.08 Å². The Hall–Kier alpha value is -1.91. The second-order valence-electron chi connectivity index (χ2n) is 14.4. The zero-order chi connectivity index (χ0) is 36.4. The molecule has 0 fully saturated rings. The standard InChI is InChI=1S/C46H83NO3/c1-3-5-7-9-11-13-15-17-19-20-21-22-23-24-25-26-28-30-32-34-36-38-40-42-46(50)47-44(43-48)45(49)41-39-37-35-33-31-29-27-18-16-14-12-10-8-6-4-2/h15-18,20-21,31,33,39,41,44-45,48-49H,3-14,19,22-30,32,34-38,40,42-43H2,1-2H3,(H,47,50)/b17-15-,18-16+,21-20-,33-31+,41-39+. The highest BCUT2D eigenvalue weighted by Gasteiger charge is 2.17. The van der Waals surface area contributed by atoms with Crippen molar-refractivity contribution in [2.75, 3.05) is 6.61 Å². The van der Waals surface area contributed by atoms with Crippen molar-refractivity contribution in [3.8, 4) is 0 Å². The van der Waals surface area contributed by atoms with E-state index in [1.807, 2.05) is 6.08 Å². The van der Waals surface area contributed by atoms with Gasteiger partial charge in [-0.2, -0.15) is 0 Å². The van der Waals surface area contributed by atoms with Gasteiger partial charge in [0.05, 0.1) is 18.8 Å². The second kappa shape index (κ2) is 41.5. The van der Waals surface area contributed by atoms with Gasteiger partial charge in [-0.3, -0.25) is 4.79 Å². The van der Waals surface area contributed by atoms with Gasteiger partial charge in [0.2, 0.25) is 5.91 Å². The topological polar surface area (TPSA) is 69.6 Å². The summed E-state index contributed by atoms with van der Waals surface area (Å²) >= 11 is 0. The first-order valence-electron chi connectivity index (χ1n) is 21.5. The van der Waals surface area contributed by atoms with Gasteiger partial charge in [-0.25, -0.2) is 0 Å². The number of carbonyl (C=O) groups is 1. The number of allylic oxidation sites excluding steroid dienone is 9. The van der Waals surface area contributed by atoms with Crippen molar-refractivity contribution in [1.29, 1.82) is 0 Å². The van der Waals surface area contributed by atoms with Crippen LogP contribution in [0.15, 0.2) is 60.8 Å². The van der Waals surface area contributed by atoms with Crippen LogP contribution in [-0.2, 0) is 4.79 Å². The van der Waals surface area contributed by atoms with Gasteiger partial charge in [-0.1, -0.05) is 184 Å². The van der Waals surface area contributed by atoms with Crippen LogP contribution in [0.2, 0.25) is 0 Å². The highest BCUT2D eigenvalue weighted by atomic mass is 16.3. The first-order valence-corrected chi connectivity index (χ1v) is 21.5. The minimum Gasteiger partial charge on any atom is -0.394 e. The lowest BCUT2D eigenvalue weighted by molar-refractivity contribution is -0.123. The third-order valence-corrected chi connectivity index (χ3v) is 9.45. The van der Waals surface area contributed by atoms with Crippen LogP contribution < -0.4 is 5.32 Å². The molecule has 0 aromatic carbocycles. The Morgan fingerprint density at radius 3 is 1.28 bits per heavy atom. The minimum atomic E-state index is -0.871. The number of nitrogens with one attached hydrogen (secondary N) is 1. The van der Waals surface area contributed by atoms with Crippen molar-refractivity contribution >= 4 is 5.91 Å². The SMILES string of the molecule is CCCCCCC/C=C\C/C=C\CCCCCCCCCCCCCC(=O)NC(CO)C(O)/C=C/CC/C=C/CC/C=C/CCCCCCC. The van der Waals surface area contributed by atoms with E-state index in [0.29, 0.717) is 6.42 Å². The number of rotatable bonds is 38. The third kappa shape index (κ3) is 37.3. The van der Waals surface area contributed by atoms with Gasteiger partial charge < -0.3 is 15.5 Å². The Balaban J connectivity index is 3.63. The molecule has 4 heteroatoms. The zero-order valence-corrected chi connectivity index (χ0v) is 33.2. The summed E-state index contributed by atoms with van der Waals surface area (Å²) in [4.78, 5) is 12.4. The molecular formula is C46H83NO3. The minimum absolute atomic E-state index is 0.0826. The number of unbranched alkanes of at least 4 members (excludes halogenated alkanes) is 23. The van der Waals surface area contributed by atoms with Crippen LogP contribution in [0.3, 0.4) is 0 Å². The normalized spacial score (nSPS) is 13.6. The molecule has 3 N–H and O–H groups in total. The van der Waals surface area contributed by atoms with E-state index in [9.17, 15) is 15.0 Å². The number of aliphatic hydroxyl groups is 2. The van der Waals surface area contributed by atoms with Crippen molar-refractivity contribution in [1.82, 2.24) is 5.32 Å². The molecule has 4 nitrogen and oxygen atoms in total. The Labute approximate surface area is 311 Å². The summed E-state index contributed by atoms with van der Waals surface area (Å²) in [5.41, 5.74) is 0. The van der Waals surface area contributed by atoms with Gasteiger partial charge in [-0.15, -0.1) is 0 Å². The van der Waals surface area contributed by atoms with Crippen molar-refractivity contribution in [2.45, 2.75) is 219 Å². The fourth-order valence-electron chi connectivity index (χ4n) is 6.12. The molecular weight excluding hydrogens is 615 g/mol. The number of amides is 1. The van der Waals surface area contributed by atoms with Crippen LogP contribution in [0, 0.1) is 0 Å². The van der Waals surface area contributed by atoms with Gasteiger partial charge in [0, 0.05) is 6.42 Å². The first kappa shape index (κ1) is 48.1. The second-order valence-corrected chi connectivity index (χ2v) is 14.4. The molecule has 0 spiro atoms. The van der Waals surface area contributed by atoms with Gasteiger partial charge in [0.15, 0.2) is 0 Å². The largest absolute Gasteiger partial charge is 0.394 e. The van der Waals surface area contributed by atoms with Crippen LogP contribution in [0.5, 0.6) is 0 Å². The molecule has 50 heavy (non-hydrogen) atoms. The van der Waals surface area contributed by atoms with E-state index in [0.717, 1.165) is 44.9 Å². The molecule has 0 aliphatic rings.